The van der Waals surface area contributed by atoms with Gasteiger partial charge in [0.25, 0.3) is 5.91 Å². The number of quaternary nitrogens is 1. The number of likely N-dealkylation sites (N-methyl/N-ethyl adjacent to an activating group) is 1. The SMILES string of the molecule is C[C@@H](C(=O)N1C[C@@H]2C[C@H](CN(C(=O)C[N+](C)(C)C)C2)C1)N1CC[C@H](NS(=O)(=O)c2ccc3cc(Cl)ccc3c2)C1=O.[Cl-]. The van der Waals surface area contributed by atoms with E-state index in [1.807, 2.05) is 30.9 Å². The van der Waals surface area contributed by atoms with E-state index in [2.05, 4.69) is 4.72 Å². The van der Waals surface area contributed by atoms with E-state index in [9.17, 15) is 22.8 Å². The average molecular weight is 641 g/mol. The first kappa shape index (κ1) is 32.5. The van der Waals surface area contributed by atoms with Crippen LogP contribution in [0.3, 0.4) is 0 Å². The fourth-order valence-electron chi connectivity index (χ4n) is 6.38. The van der Waals surface area contributed by atoms with Crippen LogP contribution in [-0.2, 0) is 24.4 Å². The minimum Gasteiger partial charge on any atom is -1.00 e. The number of sulfonamides is 1. The Morgan fingerprint density at radius 1 is 1.00 bits per heavy atom. The van der Waals surface area contributed by atoms with Gasteiger partial charge in [-0.3, -0.25) is 14.4 Å². The van der Waals surface area contributed by atoms with Gasteiger partial charge in [0.05, 0.1) is 26.0 Å². The Labute approximate surface area is 259 Å². The fourth-order valence-corrected chi connectivity index (χ4v) is 7.82. The Kier molecular flexibility index (Phi) is 9.49. The first-order chi connectivity index (χ1) is 19.2. The molecule has 5 rings (SSSR count). The molecule has 2 aromatic rings. The van der Waals surface area contributed by atoms with Gasteiger partial charge in [0.2, 0.25) is 21.8 Å². The number of fused-ring (bicyclic) bond motifs is 3. The van der Waals surface area contributed by atoms with Gasteiger partial charge in [-0.1, -0.05) is 23.7 Å². The van der Waals surface area contributed by atoms with E-state index < -0.39 is 28.0 Å². The first-order valence-electron chi connectivity index (χ1n) is 14.1. The van der Waals surface area contributed by atoms with Crippen LogP contribution < -0.4 is 17.1 Å². The summed E-state index contributed by atoms with van der Waals surface area (Å²) in [5.74, 6) is 0.0421. The van der Waals surface area contributed by atoms with Crippen molar-refractivity contribution in [2.45, 2.75) is 36.7 Å². The number of likely N-dealkylation sites (tertiary alicyclic amines) is 3. The summed E-state index contributed by atoms with van der Waals surface area (Å²) in [6, 6.07) is 8.32. The Balaban J connectivity index is 0.00000405. The predicted octanol–water partition coefficient (Wildman–Crippen LogP) is -1.22. The van der Waals surface area contributed by atoms with Crippen molar-refractivity contribution >= 4 is 50.1 Å². The Hall–Kier alpha value is -2.44. The van der Waals surface area contributed by atoms with Crippen molar-refractivity contribution in [2.24, 2.45) is 11.8 Å². The number of benzene rings is 2. The number of hydrogen-bond donors (Lipinski definition) is 1. The minimum atomic E-state index is -3.96. The van der Waals surface area contributed by atoms with Crippen LogP contribution in [0.5, 0.6) is 0 Å². The number of carbonyl (C=O) groups excluding carboxylic acids is 3. The highest BCUT2D eigenvalue weighted by molar-refractivity contribution is 7.89. The van der Waals surface area contributed by atoms with Crippen LogP contribution in [0.1, 0.15) is 19.8 Å². The van der Waals surface area contributed by atoms with E-state index in [1.54, 1.807) is 37.3 Å². The van der Waals surface area contributed by atoms with E-state index >= 15 is 0 Å². The van der Waals surface area contributed by atoms with Gasteiger partial charge in [-0.15, -0.1) is 0 Å². The van der Waals surface area contributed by atoms with Gasteiger partial charge in [-0.2, -0.15) is 4.72 Å². The number of halogens is 2. The topological polar surface area (TPSA) is 107 Å². The number of hydrogen-bond acceptors (Lipinski definition) is 5. The van der Waals surface area contributed by atoms with E-state index in [4.69, 9.17) is 11.6 Å². The second-order valence-electron chi connectivity index (χ2n) is 12.8. The highest BCUT2D eigenvalue weighted by Crippen LogP contribution is 2.30. The maximum atomic E-state index is 13.5. The molecule has 3 aliphatic heterocycles. The lowest BCUT2D eigenvalue weighted by Gasteiger charge is -2.47. The van der Waals surface area contributed by atoms with Gasteiger partial charge >= 0.3 is 0 Å². The second-order valence-corrected chi connectivity index (χ2v) is 14.9. The summed E-state index contributed by atoms with van der Waals surface area (Å²) in [5, 5.41) is 2.10. The van der Waals surface area contributed by atoms with Gasteiger partial charge in [0.15, 0.2) is 6.54 Å². The summed E-state index contributed by atoms with van der Waals surface area (Å²) < 4.78 is 29.4. The van der Waals surface area contributed by atoms with Crippen molar-refractivity contribution < 1.29 is 39.7 Å². The van der Waals surface area contributed by atoms with Crippen molar-refractivity contribution in [2.75, 3.05) is 60.4 Å². The molecular weight excluding hydrogens is 601 g/mol. The molecule has 3 amide bonds. The molecule has 0 aliphatic carbocycles. The summed E-state index contributed by atoms with van der Waals surface area (Å²) >= 11 is 6.03. The Bertz CT molecular complexity index is 1470. The molecule has 4 atom stereocenters. The van der Waals surface area contributed by atoms with Gasteiger partial charge in [-0.05, 0) is 66.6 Å². The van der Waals surface area contributed by atoms with Crippen LogP contribution in [0.4, 0.5) is 0 Å². The van der Waals surface area contributed by atoms with Crippen molar-refractivity contribution in [1.82, 2.24) is 19.4 Å². The third kappa shape index (κ3) is 7.02. The molecule has 0 saturated carbocycles. The molecule has 0 unspecified atom stereocenters. The Morgan fingerprint density at radius 3 is 2.24 bits per heavy atom. The van der Waals surface area contributed by atoms with Crippen LogP contribution in [0.15, 0.2) is 41.3 Å². The highest BCUT2D eigenvalue weighted by Gasteiger charge is 2.43. The standard InChI is InChI=1S/C29H39ClN5O5S.ClH/c1-19(28(37)33-16-20-11-21(17-33)15-32(14-20)27(36)18-35(2,3)4)34-10-9-26(29(34)38)31-41(39,40)25-8-6-22-12-24(30)7-5-23(22)13-25;/h5-8,12-13,19-21,26,31H,9-11,14-18H2,1-4H3;1H/q+1;/p-1/t19-,20+,21+,26-;/m0./s1. The minimum absolute atomic E-state index is 0. The van der Waals surface area contributed by atoms with Crippen LogP contribution in [-0.4, -0.2) is 118 Å². The van der Waals surface area contributed by atoms with E-state index in [-0.39, 0.29) is 47.4 Å². The first-order valence-corrected chi connectivity index (χ1v) is 16.0. The molecule has 3 fully saturated rings. The van der Waals surface area contributed by atoms with Crippen molar-refractivity contribution in [1.29, 1.82) is 0 Å². The maximum absolute atomic E-state index is 13.5. The van der Waals surface area contributed by atoms with Gasteiger partial charge in [-0.25, -0.2) is 8.42 Å². The van der Waals surface area contributed by atoms with Crippen molar-refractivity contribution in [3.63, 3.8) is 0 Å². The molecule has 13 heteroatoms. The molecule has 0 aromatic heterocycles. The molecule has 2 aromatic carbocycles. The third-order valence-corrected chi connectivity index (χ3v) is 10.0. The lowest BCUT2D eigenvalue weighted by atomic mass is 9.84. The third-order valence-electron chi connectivity index (χ3n) is 8.30. The quantitative estimate of drug-likeness (QED) is 0.382. The van der Waals surface area contributed by atoms with E-state index in [0.29, 0.717) is 48.8 Å². The number of rotatable bonds is 7. The number of amides is 3. The van der Waals surface area contributed by atoms with Crippen LogP contribution in [0, 0.1) is 11.8 Å². The van der Waals surface area contributed by atoms with Crippen molar-refractivity contribution in [3.8, 4) is 0 Å². The molecule has 0 spiro atoms. The fraction of sp³-hybridized carbons (Fsp3) is 0.552. The zero-order chi connectivity index (χ0) is 29.7. The van der Waals surface area contributed by atoms with E-state index in [1.165, 1.54) is 11.0 Å². The van der Waals surface area contributed by atoms with Gasteiger partial charge in [0.1, 0.15) is 12.1 Å². The largest absolute Gasteiger partial charge is 1.00 e. The summed E-state index contributed by atoms with van der Waals surface area (Å²) in [6.45, 7) is 4.84. The normalized spacial score (nSPS) is 23.6. The predicted molar refractivity (Wildman–Crippen MR) is 157 cm³/mol. The lowest BCUT2D eigenvalue weighted by molar-refractivity contribution is -0.862. The molecule has 10 nitrogen and oxygen atoms in total. The summed E-state index contributed by atoms with van der Waals surface area (Å²) in [6.07, 6.45) is 1.27. The van der Waals surface area contributed by atoms with Crippen LogP contribution in [0.25, 0.3) is 10.8 Å². The smallest absolute Gasteiger partial charge is 0.277 e. The second kappa shape index (κ2) is 12.3. The molecule has 0 radical (unpaired) electrons. The number of nitrogens with zero attached hydrogens (tertiary/aromatic N) is 4. The van der Waals surface area contributed by atoms with Gasteiger partial charge < -0.3 is 31.6 Å². The average Bonchev–Trinajstić information content (AvgIpc) is 3.24. The van der Waals surface area contributed by atoms with Crippen molar-refractivity contribution in [3.05, 3.63) is 41.4 Å². The summed E-state index contributed by atoms with van der Waals surface area (Å²) in [7, 11) is 2.04. The molecule has 230 valence electrons. The zero-order valence-electron chi connectivity index (χ0n) is 24.4. The Morgan fingerprint density at radius 2 is 1.60 bits per heavy atom. The molecule has 1 N–H and O–H groups in total. The highest BCUT2D eigenvalue weighted by atomic mass is 35.5. The molecular formula is C29H39Cl2N5O5S. The molecule has 3 saturated heterocycles. The lowest BCUT2D eigenvalue weighted by Crippen LogP contribution is -3.00. The maximum Gasteiger partial charge on any atom is 0.277 e. The summed E-state index contributed by atoms with van der Waals surface area (Å²) in [5.41, 5.74) is 0. The molecule has 3 heterocycles. The number of carbonyl (C=O) groups is 3. The number of nitrogens with one attached hydrogen (secondary N) is 1. The molecule has 2 bridgehead atoms. The molecule has 42 heavy (non-hydrogen) atoms. The molecule has 3 aliphatic rings. The van der Waals surface area contributed by atoms with Crippen LogP contribution >= 0.6 is 11.6 Å². The summed E-state index contributed by atoms with van der Waals surface area (Å²) in [4.78, 5) is 44.9. The zero-order valence-corrected chi connectivity index (χ0v) is 26.8. The van der Waals surface area contributed by atoms with Gasteiger partial charge in [0, 0.05) is 37.7 Å². The van der Waals surface area contributed by atoms with E-state index in [0.717, 1.165) is 17.2 Å². The monoisotopic (exact) mass is 639 g/mol. The number of piperidine rings is 2. The van der Waals surface area contributed by atoms with Crippen LogP contribution in [0.2, 0.25) is 5.02 Å².